The summed E-state index contributed by atoms with van der Waals surface area (Å²) in [6.45, 7) is 5.61. The molecule has 0 aromatic heterocycles. The molecule has 0 fully saturated rings. The summed E-state index contributed by atoms with van der Waals surface area (Å²) in [7, 11) is 3.27. The second-order valence-electron chi connectivity index (χ2n) is 7.53. The maximum Gasteiger partial charge on any atom is 0.335 e. The molecule has 0 aliphatic rings. The second-order valence-corrected chi connectivity index (χ2v) is 7.53. The molecule has 0 aliphatic heterocycles. The minimum absolute atomic E-state index is 0.260. The van der Waals surface area contributed by atoms with Crippen molar-refractivity contribution in [3.63, 3.8) is 0 Å². The topological polar surface area (TPSA) is 176 Å². The Kier molecular flexibility index (Phi) is 14.9. The van der Waals surface area contributed by atoms with Gasteiger partial charge in [-0.2, -0.15) is 0 Å². The van der Waals surface area contributed by atoms with Gasteiger partial charge in [-0.05, 0) is 0 Å². The maximum absolute atomic E-state index is 12.2. The molecule has 36 heavy (non-hydrogen) atoms. The molecule has 0 aliphatic carbocycles. The number of ether oxygens (including phenoxy) is 8. The van der Waals surface area contributed by atoms with Crippen molar-refractivity contribution >= 4 is 35.8 Å². The lowest BCUT2D eigenvalue weighted by molar-refractivity contribution is -0.252. The molecule has 0 rings (SSSR count). The molecule has 14 heteroatoms. The van der Waals surface area contributed by atoms with Gasteiger partial charge in [-0.3, -0.25) is 24.0 Å². The Morgan fingerprint density at radius 1 is 0.667 bits per heavy atom. The number of methoxy groups -OCH3 is 3. The average Bonchev–Trinajstić information content (AvgIpc) is 2.79. The summed E-state index contributed by atoms with van der Waals surface area (Å²) in [6.07, 6.45) is -8.36. The zero-order valence-electron chi connectivity index (χ0n) is 21.6. The highest BCUT2D eigenvalue weighted by atomic mass is 16.7. The zero-order valence-corrected chi connectivity index (χ0v) is 21.6. The third-order valence-electron chi connectivity index (χ3n) is 4.51. The number of rotatable bonds is 15. The van der Waals surface area contributed by atoms with Gasteiger partial charge in [0.1, 0.15) is 6.10 Å². The van der Waals surface area contributed by atoms with E-state index in [4.69, 9.17) is 28.4 Å². The van der Waals surface area contributed by atoms with Crippen molar-refractivity contribution in [3.05, 3.63) is 0 Å². The van der Waals surface area contributed by atoms with E-state index in [-0.39, 0.29) is 6.61 Å². The van der Waals surface area contributed by atoms with Crippen molar-refractivity contribution < 1.29 is 66.7 Å². The molecule has 0 bridgehead atoms. The summed E-state index contributed by atoms with van der Waals surface area (Å²) in [5.41, 5.74) is 0. The van der Waals surface area contributed by atoms with E-state index >= 15 is 0 Å². The van der Waals surface area contributed by atoms with Crippen LogP contribution in [0.3, 0.4) is 0 Å². The Bertz CT molecular complexity index is 779. The van der Waals surface area contributed by atoms with Crippen LogP contribution in [-0.2, 0) is 66.7 Å². The molecular weight excluding hydrogens is 488 g/mol. The van der Waals surface area contributed by atoms with Crippen molar-refractivity contribution in [2.45, 2.75) is 71.7 Å². The van der Waals surface area contributed by atoms with Crippen LogP contribution in [0.1, 0.15) is 41.0 Å². The van der Waals surface area contributed by atoms with Crippen molar-refractivity contribution in [1.29, 1.82) is 0 Å². The van der Waals surface area contributed by atoms with Gasteiger partial charge < -0.3 is 37.9 Å². The number of esters is 6. The van der Waals surface area contributed by atoms with E-state index in [1.165, 1.54) is 13.8 Å². The standard InChI is InChI=1S/C22H34O14/c1-11(10-32-12(2)23)18(33-13(3)24)19(34-14(4)25)20(35-15(5)26)22(31-8)36-16(21(28)30-7)9-17(27)29-6/h11,16,18-20,22H,9-10H2,1-8H3/t11?,16-,18?,19?,20?,22?/m0/s1. The predicted molar refractivity (Wildman–Crippen MR) is 117 cm³/mol. The molecule has 0 aromatic carbocycles. The van der Waals surface area contributed by atoms with Gasteiger partial charge in [-0.1, -0.05) is 6.92 Å². The van der Waals surface area contributed by atoms with Crippen LogP contribution < -0.4 is 0 Å². The number of hydrogen-bond donors (Lipinski definition) is 0. The Balaban J connectivity index is 6.50. The first-order valence-electron chi connectivity index (χ1n) is 10.7. The molecule has 206 valence electrons. The molecular formula is C22H34O14. The fourth-order valence-corrected chi connectivity index (χ4v) is 3.01. The van der Waals surface area contributed by atoms with Gasteiger partial charge in [0.25, 0.3) is 0 Å². The van der Waals surface area contributed by atoms with Crippen molar-refractivity contribution in [2.75, 3.05) is 27.9 Å². The molecule has 5 unspecified atom stereocenters. The van der Waals surface area contributed by atoms with Crippen molar-refractivity contribution in [1.82, 2.24) is 0 Å². The van der Waals surface area contributed by atoms with Crippen LogP contribution in [0.15, 0.2) is 0 Å². The highest BCUT2D eigenvalue weighted by molar-refractivity contribution is 5.81. The lowest BCUT2D eigenvalue weighted by Gasteiger charge is -2.37. The van der Waals surface area contributed by atoms with Crippen LogP contribution in [-0.4, -0.2) is 94.5 Å². The molecule has 0 aromatic rings. The summed E-state index contributed by atoms with van der Waals surface area (Å²) in [6, 6.07) is 0. The first-order valence-corrected chi connectivity index (χ1v) is 10.7. The van der Waals surface area contributed by atoms with Crippen molar-refractivity contribution in [2.24, 2.45) is 5.92 Å². The molecule has 0 saturated heterocycles. The van der Waals surface area contributed by atoms with Crippen molar-refractivity contribution in [3.8, 4) is 0 Å². The van der Waals surface area contributed by atoms with Gasteiger partial charge in [0.15, 0.2) is 24.6 Å². The van der Waals surface area contributed by atoms with Gasteiger partial charge in [-0.15, -0.1) is 0 Å². The largest absolute Gasteiger partial charge is 0.469 e. The number of carbonyl (C=O) groups excluding carboxylic acids is 6. The zero-order chi connectivity index (χ0) is 28.0. The normalized spacial score (nSPS) is 15.7. The minimum atomic E-state index is -1.65. The Labute approximate surface area is 208 Å². The fourth-order valence-electron chi connectivity index (χ4n) is 3.01. The average molecular weight is 523 g/mol. The van der Waals surface area contributed by atoms with Crippen LogP contribution in [0.4, 0.5) is 0 Å². The lowest BCUT2D eigenvalue weighted by Crippen LogP contribution is -2.55. The molecule has 0 amide bonds. The van der Waals surface area contributed by atoms with Crippen LogP contribution in [0.5, 0.6) is 0 Å². The van der Waals surface area contributed by atoms with Crippen LogP contribution in [0.2, 0.25) is 0 Å². The van der Waals surface area contributed by atoms with Gasteiger partial charge in [0.2, 0.25) is 0 Å². The molecule has 6 atom stereocenters. The van der Waals surface area contributed by atoms with E-state index in [0.717, 1.165) is 42.1 Å². The third-order valence-corrected chi connectivity index (χ3v) is 4.51. The molecule has 0 N–H and O–H groups in total. The van der Waals surface area contributed by atoms with Gasteiger partial charge in [-0.25, -0.2) is 4.79 Å². The summed E-state index contributed by atoms with van der Waals surface area (Å²) in [5.74, 6) is -5.74. The SMILES string of the molecule is COC(=O)C[C@H](OC(OC)C(OC(C)=O)C(OC(C)=O)C(OC(C)=O)C(C)COC(C)=O)C(=O)OC. The molecule has 14 nitrogen and oxygen atoms in total. The number of hydrogen-bond acceptors (Lipinski definition) is 14. The lowest BCUT2D eigenvalue weighted by atomic mass is 9.95. The van der Waals surface area contributed by atoms with Gasteiger partial charge in [0.05, 0.1) is 27.2 Å². The van der Waals surface area contributed by atoms with E-state index in [2.05, 4.69) is 9.47 Å². The smallest absolute Gasteiger partial charge is 0.335 e. The molecule has 0 heterocycles. The first kappa shape index (κ1) is 32.7. The summed E-state index contributed by atoms with van der Waals surface area (Å²) >= 11 is 0. The Morgan fingerprint density at radius 2 is 1.17 bits per heavy atom. The second kappa shape index (κ2) is 16.4. The quantitative estimate of drug-likeness (QED) is 0.160. The fraction of sp³-hybridized carbons (Fsp3) is 0.727. The third kappa shape index (κ3) is 11.9. The minimum Gasteiger partial charge on any atom is -0.469 e. The van der Waals surface area contributed by atoms with Crippen LogP contribution in [0.25, 0.3) is 0 Å². The van der Waals surface area contributed by atoms with E-state index in [9.17, 15) is 28.8 Å². The monoisotopic (exact) mass is 522 g/mol. The van der Waals surface area contributed by atoms with E-state index < -0.39 is 78.9 Å². The molecule has 0 spiro atoms. The van der Waals surface area contributed by atoms with E-state index in [0.29, 0.717) is 0 Å². The Hall–Kier alpha value is -3.26. The van der Waals surface area contributed by atoms with E-state index in [1.54, 1.807) is 0 Å². The van der Waals surface area contributed by atoms with Crippen LogP contribution in [0, 0.1) is 5.92 Å². The highest BCUT2D eigenvalue weighted by Crippen LogP contribution is 2.26. The predicted octanol–water partition coefficient (Wildman–Crippen LogP) is 0.0745. The summed E-state index contributed by atoms with van der Waals surface area (Å²) in [5, 5.41) is 0. The van der Waals surface area contributed by atoms with Crippen LogP contribution >= 0.6 is 0 Å². The van der Waals surface area contributed by atoms with E-state index in [1.807, 2.05) is 0 Å². The Morgan fingerprint density at radius 3 is 1.58 bits per heavy atom. The molecule has 0 radical (unpaired) electrons. The number of carbonyl (C=O) groups is 6. The van der Waals surface area contributed by atoms with Gasteiger partial charge in [0, 0.05) is 40.7 Å². The summed E-state index contributed by atoms with van der Waals surface area (Å²) in [4.78, 5) is 71.1. The van der Waals surface area contributed by atoms with Gasteiger partial charge >= 0.3 is 35.8 Å². The first-order chi connectivity index (χ1) is 16.8. The molecule has 0 saturated carbocycles. The summed E-state index contributed by atoms with van der Waals surface area (Å²) < 4.78 is 41.1. The highest BCUT2D eigenvalue weighted by Gasteiger charge is 2.46. The maximum atomic E-state index is 12.2.